The molecule has 0 saturated heterocycles. The first-order valence-corrected chi connectivity index (χ1v) is 6.83. The average Bonchev–Trinajstić information content (AvgIpc) is 2.54. The van der Waals surface area contributed by atoms with E-state index in [-0.39, 0.29) is 28.4 Å². The second-order valence-corrected chi connectivity index (χ2v) is 4.72. The van der Waals surface area contributed by atoms with E-state index in [1.807, 2.05) is 0 Å². The lowest BCUT2D eigenvalue weighted by molar-refractivity contribution is -0.384. The van der Waals surface area contributed by atoms with Gasteiger partial charge < -0.3 is 14.8 Å². The van der Waals surface area contributed by atoms with Crippen molar-refractivity contribution in [3.05, 3.63) is 58.1 Å². The Morgan fingerprint density at radius 2 is 1.88 bits per heavy atom. The molecule has 24 heavy (non-hydrogen) atoms. The summed E-state index contributed by atoms with van der Waals surface area (Å²) in [6.07, 6.45) is 0. The quantitative estimate of drug-likeness (QED) is 0.391. The van der Waals surface area contributed by atoms with Crippen LogP contribution >= 0.6 is 0 Å². The molecule has 2 aromatic rings. The van der Waals surface area contributed by atoms with Crippen LogP contribution in [0.25, 0.3) is 0 Å². The number of methoxy groups -OCH3 is 1. The molecule has 0 aliphatic rings. The number of hydrogen-bond acceptors (Lipinski definition) is 6. The zero-order valence-corrected chi connectivity index (χ0v) is 12.9. The lowest BCUT2D eigenvalue weighted by atomic mass is 10.1. The summed E-state index contributed by atoms with van der Waals surface area (Å²) in [6, 6.07) is 9.88. The number of carbonyl (C=O) groups is 2. The van der Waals surface area contributed by atoms with E-state index >= 15 is 0 Å². The number of ether oxygens (including phenoxy) is 2. The fraction of sp³-hybridized carbons (Fsp3) is 0.125. The smallest absolute Gasteiger partial charge is 0.308 e. The van der Waals surface area contributed by atoms with Crippen molar-refractivity contribution in [3.8, 4) is 11.5 Å². The van der Waals surface area contributed by atoms with Gasteiger partial charge in [-0.05, 0) is 24.3 Å². The van der Waals surface area contributed by atoms with Gasteiger partial charge in [0.05, 0.1) is 12.0 Å². The number of esters is 1. The summed E-state index contributed by atoms with van der Waals surface area (Å²) in [5.41, 5.74) is 0.405. The first-order chi connectivity index (χ1) is 11.4. The molecule has 0 heterocycles. The average molecular weight is 330 g/mol. The van der Waals surface area contributed by atoms with Gasteiger partial charge in [-0.25, -0.2) is 0 Å². The monoisotopic (exact) mass is 330 g/mol. The SMILES string of the molecule is COc1cc(C(=O)Nc2cccc([N+](=O)[O-])c2)ccc1OC(C)=O. The van der Waals surface area contributed by atoms with Crippen LogP contribution in [0.4, 0.5) is 11.4 Å². The van der Waals surface area contributed by atoms with Gasteiger partial charge >= 0.3 is 5.97 Å². The fourth-order valence-electron chi connectivity index (χ4n) is 1.95. The van der Waals surface area contributed by atoms with Crippen LogP contribution in [0.2, 0.25) is 0 Å². The summed E-state index contributed by atoms with van der Waals surface area (Å²) in [6.45, 7) is 1.25. The van der Waals surface area contributed by atoms with Crippen LogP contribution in [-0.4, -0.2) is 23.9 Å². The normalized spacial score (nSPS) is 9.92. The fourth-order valence-corrected chi connectivity index (χ4v) is 1.95. The van der Waals surface area contributed by atoms with Crippen LogP contribution in [0.15, 0.2) is 42.5 Å². The Bertz CT molecular complexity index is 803. The van der Waals surface area contributed by atoms with E-state index in [1.165, 1.54) is 56.5 Å². The number of hydrogen-bond donors (Lipinski definition) is 1. The maximum absolute atomic E-state index is 12.3. The summed E-state index contributed by atoms with van der Waals surface area (Å²) in [5.74, 6) is -0.584. The van der Waals surface area contributed by atoms with Gasteiger partial charge in [0, 0.05) is 30.3 Å². The number of anilines is 1. The number of nitrogens with one attached hydrogen (secondary N) is 1. The van der Waals surface area contributed by atoms with Crippen LogP contribution in [-0.2, 0) is 4.79 Å². The van der Waals surface area contributed by atoms with E-state index in [2.05, 4.69) is 5.32 Å². The highest BCUT2D eigenvalue weighted by Gasteiger charge is 2.14. The molecule has 2 rings (SSSR count). The topological polar surface area (TPSA) is 108 Å². The molecule has 0 saturated carbocycles. The van der Waals surface area contributed by atoms with Crippen molar-refractivity contribution in [1.82, 2.24) is 0 Å². The Labute approximate surface area is 137 Å². The number of carbonyl (C=O) groups excluding carboxylic acids is 2. The minimum atomic E-state index is -0.549. The third-order valence-corrected chi connectivity index (χ3v) is 2.99. The number of rotatable bonds is 5. The maximum Gasteiger partial charge on any atom is 0.308 e. The highest BCUT2D eigenvalue weighted by Crippen LogP contribution is 2.28. The van der Waals surface area contributed by atoms with Crippen molar-refractivity contribution < 1.29 is 24.0 Å². The van der Waals surface area contributed by atoms with E-state index < -0.39 is 16.8 Å². The first-order valence-electron chi connectivity index (χ1n) is 6.83. The number of benzene rings is 2. The predicted molar refractivity (Wildman–Crippen MR) is 85.4 cm³/mol. The second kappa shape index (κ2) is 7.23. The molecule has 0 bridgehead atoms. The Kier molecular flexibility index (Phi) is 5.10. The molecular formula is C16H14N2O6. The van der Waals surface area contributed by atoms with Crippen molar-refractivity contribution >= 4 is 23.3 Å². The van der Waals surface area contributed by atoms with E-state index in [0.717, 1.165) is 0 Å². The molecule has 0 spiro atoms. The molecule has 0 aliphatic carbocycles. The minimum Gasteiger partial charge on any atom is -0.493 e. The third kappa shape index (κ3) is 4.07. The van der Waals surface area contributed by atoms with Crippen LogP contribution in [0.1, 0.15) is 17.3 Å². The zero-order valence-electron chi connectivity index (χ0n) is 12.9. The molecule has 2 aromatic carbocycles. The van der Waals surface area contributed by atoms with Gasteiger partial charge in [-0.15, -0.1) is 0 Å². The highest BCUT2D eigenvalue weighted by atomic mass is 16.6. The van der Waals surface area contributed by atoms with Crippen LogP contribution in [0.3, 0.4) is 0 Å². The van der Waals surface area contributed by atoms with Gasteiger partial charge in [0.2, 0.25) is 0 Å². The molecule has 8 heteroatoms. The predicted octanol–water partition coefficient (Wildman–Crippen LogP) is 2.78. The van der Waals surface area contributed by atoms with Crippen molar-refractivity contribution in [3.63, 3.8) is 0 Å². The number of nitro groups is 1. The Hall–Kier alpha value is -3.42. The molecule has 1 amide bonds. The zero-order chi connectivity index (χ0) is 17.7. The van der Waals surface area contributed by atoms with Gasteiger partial charge in [0.25, 0.3) is 11.6 Å². The largest absolute Gasteiger partial charge is 0.493 e. The third-order valence-electron chi connectivity index (χ3n) is 2.99. The summed E-state index contributed by atoms with van der Waals surface area (Å²) < 4.78 is 10.1. The maximum atomic E-state index is 12.3. The summed E-state index contributed by atoms with van der Waals surface area (Å²) in [7, 11) is 1.38. The molecule has 0 aromatic heterocycles. The Morgan fingerprint density at radius 3 is 2.50 bits per heavy atom. The number of nitrogens with zero attached hydrogens (tertiary/aromatic N) is 1. The Morgan fingerprint density at radius 1 is 1.12 bits per heavy atom. The van der Waals surface area contributed by atoms with Crippen molar-refractivity contribution in [2.75, 3.05) is 12.4 Å². The Balaban J connectivity index is 2.22. The summed E-state index contributed by atoms with van der Waals surface area (Å²) in [4.78, 5) is 33.5. The van der Waals surface area contributed by atoms with Crippen molar-refractivity contribution in [2.45, 2.75) is 6.92 Å². The first kappa shape index (κ1) is 16.9. The molecule has 8 nitrogen and oxygen atoms in total. The van der Waals surface area contributed by atoms with Gasteiger partial charge in [-0.3, -0.25) is 19.7 Å². The molecule has 0 unspecified atom stereocenters. The number of non-ortho nitro benzene ring substituents is 1. The molecule has 1 N–H and O–H groups in total. The van der Waals surface area contributed by atoms with Gasteiger partial charge in [0.15, 0.2) is 11.5 Å². The van der Waals surface area contributed by atoms with Crippen molar-refractivity contribution in [1.29, 1.82) is 0 Å². The lowest BCUT2D eigenvalue weighted by Gasteiger charge is -2.10. The van der Waals surface area contributed by atoms with Crippen LogP contribution in [0, 0.1) is 10.1 Å². The molecular weight excluding hydrogens is 316 g/mol. The summed E-state index contributed by atoms with van der Waals surface area (Å²) in [5, 5.41) is 13.3. The molecule has 0 atom stereocenters. The van der Waals surface area contributed by atoms with E-state index in [1.54, 1.807) is 0 Å². The number of amides is 1. The van der Waals surface area contributed by atoms with E-state index in [0.29, 0.717) is 0 Å². The number of nitro benzene ring substituents is 1. The highest BCUT2D eigenvalue weighted by molar-refractivity contribution is 6.04. The van der Waals surface area contributed by atoms with Crippen LogP contribution in [0.5, 0.6) is 11.5 Å². The van der Waals surface area contributed by atoms with E-state index in [4.69, 9.17) is 9.47 Å². The minimum absolute atomic E-state index is 0.129. The second-order valence-electron chi connectivity index (χ2n) is 4.72. The molecule has 124 valence electrons. The molecule has 0 radical (unpaired) electrons. The van der Waals surface area contributed by atoms with E-state index in [9.17, 15) is 19.7 Å². The van der Waals surface area contributed by atoms with Gasteiger partial charge in [-0.2, -0.15) is 0 Å². The van der Waals surface area contributed by atoms with Gasteiger partial charge in [0.1, 0.15) is 0 Å². The molecule has 0 fully saturated rings. The van der Waals surface area contributed by atoms with Gasteiger partial charge in [-0.1, -0.05) is 6.07 Å². The lowest BCUT2D eigenvalue weighted by Crippen LogP contribution is -2.12. The van der Waals surface area contributed by atoms with Crippen LogP contribution < -0.4 is 14.8 Å². The summed E-state index contributed by atoms with van der Waals surface area (Å²) >= 11 is 0. The molecule has 0 aliphatic heterocycles. The van der Waals surface area contributed by atoms with Crippen molar-refractivity contribution in [2.24, 2.45) is 0 Å². The standard InChI is InChI=1S/C16H14N2O6/c1-10(19)24-14-7-6-11(8-15(14)23-2)16(20)17-12-4-3-5-13(9-12)18(21)22/h3-9H,1-2H3,(H,17,20).